The van der Waals surface area contributed by atoms with Gasteiger partial charge >= 0.3 is 12.0 Å². The Morgan fingerprint density at radius 2 is 1.15 bits per heavy atom. The zero-order chi connectivity index (χ0) is 29.5. The average molecular weight is 557 g/mol. The number of carboxylic acid groups (broad SMARTS) is 1. The summed E-state index contributed by atoms with van der Waals surface area (Å²) < 4.78 is 0. The summed E-state index contributed by atoms with van der Waals surface area (Å²) in [7, 11) is 0. The van der Waals surface area contributed by atoms with Crippen molar-refractivity contribution in [1.82, 2.24) is 21.3 Å². The highest BCUT2D eigenvalue weighted by atomic mass is 16.4. The lowest BCUT2D eigenvalue weighted by atomic mass is 10.0. The third-order valence-corrected chi connectivity index (χ3v) is 6.71. The first-order valence-corrected chi connectivity index (χ1v) is 15.0. The number of nitrogens with two attached hydrogens (primary N) is 2. The van der Waals surface area contributed by atoms with Crippen LogP contribution >= 0.6 is 0 Å². The molecule has 11 nitrogen and oxygen atoms in total. The molecule has 0 aliphatic heterocycles. The van der Waals surface area contributed by atoms with E-state index in [1.807, 2.05) is 0 Å². The Morgan fingerprint density at radius 3 is 1.62 bits per heavy atom. The molecule has 0 aromatic heterocycles. The van der Waals surface area contributed by atoms with E-state index in [9.17, 15) is 24.3 Å². The fourth-order valence-electron chi connectivity index (χ4n) is 4.29. The zero-order valence-corrected chi connectivity index (χ0v) is 24.6. The second-order valence-corrected chi connectivity index (χ2v) is 10.6. The number of nitrogens with one attached hydrogen (secondary N) is 4. The molecule has 4 amide bonds. The van der Waals surface area contributed by atoms with Crippen LogP contribution in [0.3, 0.4) is 0 Å². The van der Waals surface area contributed by atoms with Crippen LogP contribution in [0.25, 0.3) is 0 Å². The second-order valence-electron chi connectivity index (χ2n) is 10.6. The van der Waals surface area contributed by atoms with Crippen molar-refractivity contribution in [1.29, 1.82) is 0 Å². The van der Waals surface area contributed by atoms with Gasteiger partial charge < -0.3 is 37.8 Å². The fraction of sp³-hybridized carbons (Fsp3) is 0.857. The second kappa shape index (κ2) is 23.5. The molecule has 0 aromatic rings. The van der Waals surface area contributed by atoms with Crippen molar-refractivity contribution < 1.29 is 24.3 Å². The molecule has 11 heteroatoms. The molecule has 0 fully saturated rings. The third-order valence-electron chi connectivity index (χ3n) is 6.71. The molecule has 0 radical (unpaired) electrons. The first-order valence-electron chi connectivity index (χ1n) is 15.0. The molecule has 0 bridgehead atoms. The number of hydrogen-bond donors (Lipinski definition) is 7. The third kappa shape index (κ3) is 18.5. The zero-order valence-electron chi connectivity index (χ0n) is 24.6. The number of rotatable bonds is 24. The van der Waals surface area contributed by atoms with Crippen molar-refractivity contribution in [3.8, 4) is 0 Å². The Morgan fingerprint density at radius 1 is 0.667 bits per heavy atom. The molecule has 0 rings (SSSR count). The van der Waals surface area contributed by atoms with Crippen molar-refractivity contribution in [2.45, 2.75) is 129 Å². The number of carbonyl (C=O) groups is 4. The molecule has 3 unspecified atom stereocenters. The normalized spacial score (nSPS) is 13.4. The lowest BCUT2D eigenvalue weighted by molar-refractivity contribution is -0.142. The Kier molecular flexibility index (Phi) is 22.0. The Balaban J connectivity index is 4.42. The largest absolute Gasteiger partial charge is 0.480 e. The van der Waals surface area contributed by atoms with Crippen molar-refractivity contribution in [2.75, 3.05) is 19.6 Å². The molecule has 9 N–H and O–H groups in total. The summed E-state index contributed by atoms with van der Waals surface area (Å²) in [6.45, 7) is 6.46. The average Bonchev–Trinajstić information content (AvgIpc) is 2.88. The summed E-state index contributed by atoms with van der Waals surface area (Å²) in [5.41, 5.74) is 11.1. The molecular formula is C28H56N6O5. The first-order chi connectivity index (χ1) is 18.7. The monoisotopic (exact) mass is 556 g/mol. The predicted molar refractivity (Wildman–Crippen MR) is 155 cm³/mol. The quantitative estimate of drug-likeness (QED) is 0.0889. The lowest BCUT2D eigenvalue weighted by Crippen LogP contribution is -2.58. The summed E-state index contributed by atoms with van der Waals surface area (Å²) in [5.74, 6) is -2.70. The minimum absolute atomic E-state index is 0.0660. The highest BCUT2D eigenvalue weighted by Crippen LogP contribution is 2.12. The van der Waals surface area contributed by atoms with Crippen LogP contribution in [0.1, 0.15) is 111 Å². The molecular weight excluding hydrogens is 500 g/mol. The van der Waals surface area contributed by atoms with Crippen LogP contribution in [0.5, 0.6) is 0 Å². The molecule has 0 aliphatic rings. The molecule has 39 heavy (non-hydrogen) atoms. The number of amides is 4. The van der Waals surface area contributed by atoms with Crippen LogP contribution in [0.15, 0.2) is 0 Å². The Hall–Kier alpha value is -2.40. The first kappa shape index (κ1) is 36.6. The van der Waals surface area contributed by atoms with Gasteiger partial charge in [0.05, 0.1) is 0 Å². The summed E-state index contributed by atoms with van der Waals surface area (Å²) in [6, 6.07) is -3.52. The van der Waals surface area contributed by atoms with E-state index in [1.54, 1.807) is 13.8 Å². The Bertz CT molecular complexity index is 691. The van der Waals surface area contributed by atoms with Crippen molar-refractivity contribution in [3.05, 3.63) is 0 Å². The van der Waals surface area contributed by atoms with Crippen LogP contribution in [0.4, 0.5) is 4.79 Å². The van der Waals surface area contributed by atoms with E-state index in [4.69, 9.17) is 11.5 Å². The molecule has 0 saturated carbocycles. The van der Waals surface area contributed by atoms with E-state index in [1.165, 1.54) is 57.8 Å². The smallest absolute Gasteiger partial charge is 0.326 e. The lowest BCUT2D eigenvalue weighted by Gasteiger charge is -2.26. The standard InChI is InChI=1S/C28H56N6O5/c1-4-5-6-7-8-9-10-11-12-13-14-15-20-31-28(39)33-22(16-18-29)25(35)34-24(21(2)3)26(36)32-23(17-19-30)27(37)38/h21-24H,4-20,29-30H2,1-3H3,(H,32,36)(H,34,35)(H,37,38)(H2,31,33,39). The van der Waals surface area contributed by atoms with Crippen molar-refractivity contribution >= 4 is 23.8 Å². The molecule has 0 heterocycles. The number of carbonyl (C=O) groups excluding carboxylic acids is 3. The van der Waals surface area contributed by atoms with Crippen LogP contribution < -0.4 is 32.7 Å². The van der Waals surface area contributed by atoms with Gasteiger partial charge in [-0.3, -0.25) is 9.59 Å². The van der Waals surface area contributed by atoms with Gasteiger partial charge in [0, 0.05) is 6.54 Å². The van der Waals surface area contributed by atoms with Gasteiger partial charge in [0.2, 0.25) is 11.8 Å². The van der Waals surface area contributed by atoms with Crippen molar-refractivity contribution in [3.63, 3.8) is 0 Å². The predicted octanol–water partition coefficient (Wildman–Crippen LogP) is 2.76. The Labute approximate surface area is 235 Å². The number of carboxylic acids is 1. The van der Waals surface area contributed by atoms with Gasteiger partial charge in [-0.25, -0.2) is 9.59 Å². The number of aliphatic carboxylic acids is 1. The SMILES string of the molecule is CCCCCCCCCCCCCCNC(=O)NC(CCN)C(=O)NC(C(=O)NC(CCN)C(=O)O)C(C)C. The van der Waals surface area contributed by atoms with Gasteiger partial charge in [0.15, 0.2) is 0 Å². The number of urea groups is 1. The van der Waals surface area contributed by atoms with Crippen LogP contribution in [-0.4, -0.2) is 66.7 Å². The topological polar surface area (TPSA) is 189 Å². The van der Waals surface area contributed by atoms with E-state index in [0.717, 1.165) is 19.3 Å². The van der Waals surface area contributed by atoms with Gasteiger partial charge in [-0.2, -0.15) is 0 Å². The highest BCUT2D eigenvalue weighted by Gasteiger charge is 2.30. The summed E-state index contributed by atoms with van der Waals surface area (Å²) in [6.07, 6.45) is 15.1. The van der Waals surface area contributed by atoms with Gasteiger partial charge in [0.1, 0.15) is 18.1 Å². The maximum Gasteiger partial charge on any atom is 0.326 e. The summed E-state index contributed by atoms with van der Waals surface area (Å²) in [4.78, 5) is 49.3. The number of hydrogen-bond acceptors (Lipinski definition) is 6. The fourth-order valence-corrected chi connectivity index (χ4v) is 4.29. The molecule has 228 valence electrons. The molecule has 0 aromatic carbocycles. The molecule has 0 saturated heterocycles. The maximum absolute atomic E-state index is 12.9. The van der Waals surface area contributed by atoms with Gasteiger partial charge in [-0.1, -0.05) is 91.4 Å². The summed E-state index contributed by atoms with van der Waals surface area (Å²) in [5, 5.41) is 19.8. The van der Waals surface area contributed by atoms with Crippen LogP contribution in [-0.2, 0) is 14.4 Å². The van der Waals surface area contributed by atoms with Crippen LogP contribution in [0, 0.1) is 5.92 Å². The molecule has 0 aliphatic carbocycles. The molecule has 3 atom stereocenters. The number of unbranched alkanes of at least 4 members (excludes halogenated alkanes) is 11. The highest BCUT2D eigenvalue weighted by molar-refractivity contribution is 5.93. The van der Waals surface area contributed by atoms with Gasteiger partial charge in [-0.05, 0) is 38.3 Å². The van der Waals surface area contributed by atoms with Gasteiger partial charge in [-0.15, -0.1) is 0 Å². The summed E-state index contributed by atoms with van der Waals surface area (Å²) >= 11 is 0. The van der Waals surface area contributed by atoms with E-state index in [0.29, 0.717) is 6.54 Å². The van der Waals surface area contributed by atoms with Gasteiger partial charge in [0.25, 0.3) is 0 Å². The minimum atomic E-state index is -1.20. The maximum atomic E-state index is 12.9. The molecule has 0 spiro atoms. The van der Waals surface area contributed by atoms with E-state index in [-0.39, 0.29) is 31.8 Å². The van der Waals surface area contributed by atoms with E-state index >= 15 is 0 Å². The minimum Gasteiger partial charge on any atom is -0.480 e. The van der Waals surface area contributed by atoms with Crippen LogP contribution in [0.2, 0.25) is 0 Å². The van der Waals surface area contributed by atoms with E-state index < -0.39 is 41.9 Å². The van der Waals surface area contributed by atoms with Crippen molar-refractivity contribution in [2.24, 2.45) is 17.4 Å². The van der Waals surface area contributed by atoms with E-state index in [2.05, 4.69) is 28.2 Å².